The molecule has 0 amide bonds. The van der Waals surface area contributed by atoms with Gasteiger partial charge in [0.15, 0.2) is 0 Å². The van der Waals surface area contributed by atoms with E-state index in [0.717, 1.165) is 0 Å². The quantitative estimate of drug-likeness (QED) is 0.568. The molecule has 1 rings (SSSR count). The highest BCUT2D eigenvalue weighted by atomic mass is 19.3. The first-order valence-electron chi connectivity index (χ1n) is 3.39. The largest absolute Gasteiger partial charge is 0.390 e. The third-order valence-electron chi connectivity index (χ3n) is 1.70. The van der Waals surface area contributed by atoms with Gasteiger partial charge < -0.3 is 14.9 Å². The average molecular weight is 168 g/mol. The van der Waals surface area contributed by atoms with Crippen LogP contribution in [-0.2, 0) is 4.74 Å². The number of halogens is 2. The zero-order valence-electron chi connectivity index (χ0n) is 5.78. The smallest absolute Gasteiger partial charge is 0.266 e. The Labute approximate surface area is 62.6 Å². The van der Waals surface area contributed by atoms with E-state index in [4.69, 9.17) is 10.2 Å². The van der Waals surface area contributed by atoms with Crippen LogP contribution in [0.2, 0.25) is 0 Å². The fourth-order valence-electron chi connectivity index (χ4n) is 1.03. The van der Waals surface area contributed by atoms with Crippen LogP contribution in [0.15, 0.2) is 0 Å². The predicted molar refractivity (Wildman–Crippen MR) is 32.4 cm³/mol. The molecule has 1 fully saturated rings. The van der Waals surface area contributed by atoms with E-state index in [1.54, 1.807) is 0 Å². The van der Waals surface area contributed by atoms with Crippen molar-refractivity contribution in [2.45, 2.75) is 31.2 Å². The van der Waals surface area contributed by atoms with E-state index < -0.39 is 24.7 Å². The van der Waals surface area contributed by atoms with Gasteiger partial charge in [0, 0.05) is 6.61 Å². The van der Waals surface area contributed by atoms with Gasteiger partial charge in [0.25, 0.3) is 6.43 Å². The van der Waals surface area contributed by atoms with Crippen molar-refractivity contribution in [3.8, 4) is 0 Å². The Kier molecular flexibility index (Phi) is 2.75. The molecule has 0 aromatic heterocycles. The van der Waals surface area contributed by atoms with Crippen LogP contribution >= 0.6 is 0 Å². The molecule has 11 heavy (non-hydrogen) atoms. The fraction of sp³-hybridized carbons (Fsp3) is 1.00. The summed E-state index contributed by atoms with van der Waals surface area (Å²) in [5.74, 6) is 0. The van der Waals surface area contributed by atoms with Crippen molar-refractivity contribution in [2.75, 3.05) is 6.61 Å². The lowest BCUT2D eigenvalue weighted by molar-refractivity contribution is -0.178. The van der Waals surface area contributed by atoms with E-state index in [0.29, 0.717) is 0 Å². The zero-order chi connectivity index (χ0) is 8.43. The van der Waals surface area contributed by atoms with Gasteiger partial charge in [-0.3, -0.25) is 0 Å². The summed E-state index contributed by atoms with van der Waals surface area (Å²) in [6, 6.07) is 0. The van der Waals surface area contributed by atoms with E-state index in [1.165, 1.54) is 0 Å². The Bertz CT molecular complexity index is 131. The van der Waals surface area contributed by atoms with Gasteiger partial charge in [0.05, 0.1) is 6.10 Å². The molecule has 3 unspecified atom stereocenters. The van der Waals surface area contributed by atoms with Gasteiger partial charge in [-0.05, 0) is 6.42 Å². The lowest BCUT2D eigenvalue weighted by Crippen LogP contribution is -2.47. The summed E-state index contributed by atoms with van der Waals surface area (Å²) in [4.78, 5) is 0. The van der Waals surface area contributed by atoms with Crippen LogP contribution in [0.25, 0.3) is 0 Å². The van der Waals surface area contributed by atoms with Gasteiger partial charge in [-0.1, -0.05) is 0 Å². The normalized spacial score (nSPS) is 39.5. The van der Waals surface area contributed by atoms with Crippen LogP contribution < -0.4 is 0 Å². The summed E-state index contributed by atoms with van der Waals surface area (Å²) in [5, 5.41) is 17.9. The third kappa shape index (κ3) is 1.85. The monoisotopic (exact) mass is 168 g/mol. The van der Waals surface area contributed by atoms with Crippen LogP contribution in [0.4, 0.5) is 8.78 Å². The Hall–Kier alpha value is -0.260. The number of hydrogen-bond acceptors (Lipinski definition) is 3. The van der Waals surface area contributed by atoms with Crippen molar-refractivity contribution in [3.05, 3.63) is 0 Å². The predicted octanol–water partition coefficient (Wildman–Crippen LogP) is -0.238. The van der Waals surface area contributed by atoms with Gasteiger partial charge in [-0.25, -0.2) is 8.78 Å². The third-order valence-corrected chi connectivity index (χ3v) is 1.70. The van der Waals surface area contributed by atoms with Crippen molar-refractivity contribution in [1.29, 1.82) is 0 Å². The Balaban J connectivity index is 2.51. The maximum Gasteiger partial charge on any atom is 0.266 e. The van der Waals surface area contributed by atoms with Gasteiger partial charge in [-0.2, -0.15) is 0 Å². The highest BCUT2D eigenvalue weighted by Gasteiger charge is 2.37. The number of aliphatic hydroxyl groups is 2. The first-order chi connectivity index (χ1) is 5.13. The second kappa shape index (κ2) is 3.42. The standard InChI is InChI=1S/C6H10F2O3/c7-6(8)5-4(10)3(9)1-2-11-5/h3-6,9-10H,1-2H2. The highest BCUT2D eigenvalue weighted by Crippen LogP contribution is 2.19. The van der Waals surface area contributed by atoms with E-state index in [1.807, 2.05) is 0 Å². The Morgan fingerprint density at radius 3 is 2.45 bits per heavy atom. The minimum absolute atomic E-state index is 0.0766. The molecule has 0 bridgehead atoms. The number of ether oxygens (including phenoxy) is 1. The first kappa shape index (κ1) is 8.83. The topological polar surface area (TPSA) is 49.7 Å². The van der Waals surface area contributed by atoms with Crippen molar-refractivity contribution >= 4 is 0 Å². The van der Waals surface area contributed by atoms with Gasteiger partial charge in [0.1, 0.15) is 12.2 Å². The zero-order valence-corrected chi connectivity index (χ0v) is 5.78. The summed E-state index contributed by atoms with van der Waals surface area (Å²) in [6.45, 7) is 0.0766. The van der Waals surface area contributed by atoms with E-state index in [9.17, 15) is 8.78 Å². The van der Waals surface area contributed by atoms with Gasteiger partial charge in [0.2, 0.25) is 0 Å². The maximum atomic E-state index is 11.9. The second-order valence-electron chi connectivity index (χ2n) is 2.52. The lowest BCUT2D eigenvalue weighted by atomic mass is 10.0. The fourth-order valence-corrected chi connectivity index (χ4v) is 1.03. The molecule has 0 radical (unpaired) electrons. The van der Waals surface area contributed by atoms with Crippen LogP contribution in [0, 0.1) is 0 Å². The summed E-state index contributed by atoms with van der Waals surface area (Å²) < 4.78 is 28.5. The lowest BCUT2D eigenvalue weighted by Gasteiger charge is -2.31. The van der Waals surface area contributed by atoms with Crippen LogP contribution in [0.1, 0.15) is 6.42 Å². The molecule has 1 aliphatic rings. The molecule has 66 valence electrons. The molecule has 3 atom stereocenters. The van der Waals surface area contributed by atoms with Crippen molar-refractivity contribution in [2.24, 2.45) is 0 Å². The van der Waals surface area contributed by atoms with Gasteiger partial charge >= 0.3 is 0 Å². The minimum Gasteiger partial charge on any atom is -0.390 e. The molecule has 1 saturated heterocycles. The molecule has 0 aromatic rings. The maximum absolute atomic E-state index is 11.9. The average Bonchev–Trinajstić information content (AvgIpc) is 1.94. The molecule has 2 N–H and O–H groups in total. The van der Waals surface area contributed by atoms with Crippen LogP contribution in [0.5, 0.6) is 0 Å². The summed E-state index contributed by atoms with van der Waals surface area (Å²) >= 11 is 0. The molecular formula is C6H10F2O3. The molecule has 5 heteroatoms. The number of hydrogen-bond donors (Lipinski definition) is 2. The molecular weight excluding hydrogens is 158 g/mol. The molecule has 1 aliphatic heterocycles. The minimum atomic E-state index is -2.74. The summed E-state index contributed by atoms with van der Waals surface area (Å²) in [7, 11) is 0. The highest BCUT2D eigenvalue weighted by molar-refractivity contribution is 4.82. The Morgan fingerprint density at radius 2 is 2.00 bits per heavy atom. The molecule has 0 saturated carbocycles. The van der Waals surface area contributed by atoms with Gasteiger partial charge in [-0.15, -0.1) is 0 Å². The van der Waals surface area contributed by atoms with Crippen molar-refractivity contribution < 1.29 is 23.7 Å². The molecule has 0 aliphatic carbocycles. The summed E-state index contributed by atoms with van der Waals surface area (Å²) in [6.07, 6.45) is -6.59. The van der Waals surface area contributed by atoms with E-state index in [2.05, 4.69) is 4.74 Å². The Morgan fingerprint density at radius 1 is 1.36 bits per heavy atom. The van der Waals surface area contributed by atoms with E-state index >= 15 is 0 Å². The van der Waals surface area contributed by atoms with Crippen molar-refractivity contribution in [3.63, 3.8) is 0 Å². The molecule has 3 nitrogen and oxygen atoms in total. The van der Waals surface area contributed by atoms with Crippen molar-refractivity contribution in [1.82, 2.24) is 0 Å². The molecule has 0 aromatic carbocycles. The number of rotatable bonds is 1. The van der Waals surface area contributed by atoms with Crippen LogP contribution in [-0.4, -0.2) is 41.6 Å². The number of aliphatic hydroxyl groups excluding tert-OH is 2. The molecule has 0 spiro atoms. The summed E-state index contributed by atoms with van der Waals surface area (Å²) in [5.41, 5.74) is 0. The first-order valence-corrected chi connectivity index (χ1v) is 3.39. The van der Waals surface area contributed by atoms with Crippen LogP contribution in [0.3, 0.4) is 0 Å². The number of alkyl halides is 2. The SMILES string of the molecule is OC1CCOC(C(F)F)C1O. The van der Waals surface area contributed by atoms with E-state index in [-0.39, 0.29) is 13.0 Å². The second-order valence-corrected chi connectivity index (χ2v) is 2.52. The molecule has 1 heterocycles.